The van der Waals surface area contributed by atoms with Gasteiger partial charge in [-0.1, -0.05) is 18.2 Å². The molecule has 0 aliphatic carbocycles. The van der Waals surface area contributed by atoms with Crippen LogP contribution in [-0.4, -0.2) is 61.0 Å². The molecule has 0 atom stereocenters. The molecule has 1 aliphatic heterocycles. The van der Waals surface area contributed by atoms with Crippen molar-refractivity contribution in [2.45, 2.75) is 39.0 Å². The van der Waals surface area contributed by atoms with E-state index in [1.54, 1.807) is 0 Å². The van der Waals surface area contributed by atoms with Crippen molar-refractivity contribution in [2.75, 3.05) is 39.3 Å². The number of piperidine rings is 1. The van der Waals surface area contributed by atoms with Crippen LogP contribution in [0.15, 0.2) is 35.5 Å². The highest BCUT2D eigenvalue weighted by atomic mass is 127. The van der Waals surface area contributed by atoms with Crippen LogP contribution in [0.5, 0.6) is 0 Å². The van der Waals surface area contributed by atoms with Gasteiger partial charge in [-0.05, 0) is 70.3 Å². The summed E-state index contributed by atoms with van der Waals surface area (Å²) in [6.07, 6.45) is 7.05. The lowest BCUT2D eigenvalue weighted by atomic mass is 9.96. The van der Waals surface area contributed by atoms with Crippen molar-refractivity contribution in [3.8, 4) is 0 Å². The third kappa shape index (κ3) is 7.99. The smallest absolute Gasteiger partial charge is 0.220 e. The summed E-state index contributed by atoms with van der Waals surface area (Å²) >= 11 is 0. The first-order valence-electron chi connectivity index (χ1n) is 11.3. The number of benzene rings is 1. The van der Waals surface area contributed by atoms with Crippen molar-refractivity contribution in [3.05, 3.63) is 36.0 Å². The SMILES string of the molecule is CCNC(=NCCCCN1CCC(C(N)=O)CC1)NCCc1c[nH]c2ccccc12.I. The molecule has 5 N–H and O–H groups in total. The van der Waals surface area contributed by atoms with Crippen molar-refractivity contribution >= 4 is 46.7 Å². The number of guanidine groups is 1. The average molecular weight is 540 g/mol. The zero-order chi connectivity index (χ0) is 21.2. The third-order valence-corrected chi connectivity index (χ3v) is 5.85. The number of aliphatic imine (C=N–C) groups is 1. The highest BCUT2D eigenvalue weighted by Crippen LogP contribution is 2.18. The van der Waals surface area contributed by atoms with Crippen molar-refractivity contribution in [2.24, 2.45) is 16.6 Å². The number of aromatic nitrogens is 1. The number of nitrogens with one attached hydrogen (secondary N) is 3. The molecule has 7 nitrogen and oxygen atoms in total. The standard InChI is InChI=1S/C23H36N6O.HI/c1-2-25-23(27-13-9-19-17-28-21-8-4-3-7-20(19)21)26-12-5-6-14-29-15-10-18(11-16-29)22(24)30;/h3-4,7-8,17-18,28H,2,5-6,9-16H2,1H3,(H2,24,30)(H2,25,26,27);1H. The Morgan fingerprint density at radius 1 is 1.23 bits per heavy atom. The van der Waals surface area contributed by atoms with Gasteiger partial charge in [0, 0.05) is 42.7 Å². The molecule has 1 aromatic heterocycles. The lowest BCUT2D eigenvalue weighted by Gasteiger charge is -2.30. The molecule has 8 heteroatoms. The molecular formula is C23H37IN6O. The van der Waals surface area contributed by atoms with E-state index in [2.05, 4.69) is 57.9 Å². The van der Waals surface area contributed by atoms with E-state index in [1.807, 2.05) is 0 Å². The number of unbranched alkanes of at least 4 members (excludes halogenated alkanes) is 1. The van der Waals surface area contributed by atoms with Gasteiger partial charge in [-0.2, -0.15) is 0 Å². The number of rotatable bonds is 10. The fraction of sp³-hybridized carbons (Fsp3) is 0.565. The van der Waals surface area contributed by atoms with Crippen LogP contribution in [0.25, 0.3) is 10.9 Å². The summed E-state index contributed by atoms with van der Waals surface area (Å²) < 4.78 is 0. The molecule has 1 amide bonds. The quantitative estimate of drug-likeness (QED) is 0.161. The molecule has 1 fully saturated rings. The van der Waals surface area contributed by atoms with Crippen molar-refractivity contribution in [1.29, 1.82) is 0 Å². The summed E-state index contributed by atoms with van der Waals surface area (Å²) in [4.78, 5) is 21.7. The second-order valence-corrected chi connectivity index (χ2v) is 8.02. The van der Waals surface area contributed by atoms with Crippen LogP contribution in [-0.2, 0) is 11.2 Å². The van der Waals surface area contributed by atoms with E-state index in [-0.39, 0.29) is 35.8 Å². The summed E-state index contributed by atoms with van der Waals surface area (Å²) in [5.41, 5.74) is 7.92. The molecule has 0 unspecified atom stereocenters. The zero-order valence-corrected chi connectivity index (χ0v) is 20.9. The van der Waals surface area contributed by atoms with Crippen LogP contribution >= 0.6 is 24.0 Å². The predicted molar refractivity (Wildman–Crippen MR) is 139 cm³/mol. The van der Waals surface area contributed by atoms with Crippen LogP contribution in [0.3, 0.4) is 0 Å². The van der Waals surface area contributed by atoms with Gasteiger partial charge >= 0.3 is 0 Å². The van der Waals surface area contributed by atoms with Gasteiger partial charge in [-0.25, -0.2) is 0 Å². The van der Waals surface area contributed by atoms with Gasteiger partial charge in [0.05, 0.1) is 0 Å². The minimum Gasteiger partial charge on any atom is -0.369 e. The van der Waals surface area contributed by atoms with Crippen LogP contribution in [0.2, 0.25) is 0 Å². The molecule has 0 radical (unpaired) electrons. The molecule has 2 heterocycles. The molecule has 172 valence electrons. The Morgan fingerprint density at radius 2 is 2.00 bits per heavy atom. The van der Waals surface area contributed by atoms with Gasteiger partial charge in [-0.15, -0.1) is 24.0 Å². The first kappa shape index (κ1) is 25.5. The number of H-pyrrole nitrogens is 1. The van der Waals surface area contributed by atoms with E-state index in [0.717, 1.165) is 77.3 Å². The highest BCUT2D eigenvalue weighted by molar-refractivity contribution is 14.0. The molecule has 31 heavy (non-hydrogen) atoms. The number of primary amides is 1. The first-order chi connectivity index (χ1) is 14.7. The number of para-hydroxylation sites is 1. The molecule has 3 rings (SSSR count). The van der Waals surface area contributed by atoms with Crippen molar-refractivity contribution in [1.82, 2.24) is 20.5 Å². The number of halogens is 1. The molecule has 0 bridgehead atoms. The summed E-state index contributed by atoms with van der Waals surface area (Å²) in [6, 6.07) is 8.41. The molecular weight excluding hydrogens is 503 g/mol. The Hall–Kier alpha value is -1.81. The van der Waals surface area contributed by atoms with Gasteiger partial charge in [0.1, 0.15) is 0 Å². The molecule has 1 aromatic carbocycles. The van der Waals surface area contributed by atoms with E-state index in [4.69, 9.17) is 10.7 Å². The molecule has 0 saturated carbocycles. The average Bonchev–Trinajstić information content (AvgIpc) is 3.17. The van der Waals surface area contributed by atoms with Gasteiger partial charge < -0.3 is 26.3 Å². The van der Waals surface area contributed by atoms with Gasteiger partial charge in [0.2, 0.25) is 5.91 Å². The van der Waals surface area contributed by atoms with Gasteiger partial charge in [-0.3, -0.25) is 9.79 Å². The van der Waals surface area contributed by atoms with E-state index < -0.39 is 0 Å². The van der Waals surface area contributed by atoms with Gasteiger partial charge in [0.15, 0.2) is 5.96 Å². The minimum atomic E-state index is -0.142. The number of nitrogens with two attached hydrogens (primary N) is 1. The second-order valence-electron chi connectivity index (χ2n) is 8.02. The molecule has 0 spiro atoms. The highest BCUT2D eigenvalue weighted by Gasteiger charge is 2.22. The lowest BCUT2D eigenvalue weighted by molar-refractivity contribution is -0.123. The Balaban J connectivity index is 0.00000341. The number of fused-ring (bicyclic) bond motifs is 1. The second kappa shape index (κ2) is 13.6. The topological polar surface area (TPSA) is 98.5 Å². The van der Waals surface area contributed by atoms with Crippen LogP contribution in [0, 0.1) is 5.92 Å². The first-order valence-corrected chi connectivity index (χ1v) is 11.3. The monoisotopic (exact) mass is 540 g/mol. The van der Waals surface area contributed by atoms with Gasteiger partial charge in [0.25, 0.3) is 0 Å². The fourth-order valence-electron chi connectivity index (χ4n) is 4.07. The Bertz CT molecular complexity index is 828. The number of nitrogens with zero attached hydrogens (tertiary/aromatic N) is 2. The summed E-state index contributed by atoms with van der Waals surface area (Å²) in [5.74, 6) is 0.820. The number of amides is 1. The number of likely N-dealkylation sites (tertiary alicyclic amines) is 1. The maximum absolute atomic E-state index is 11.3. The molecule has 2 aromatic rings. The summed E-state index contributed by atoms with van der Waals surface area (Å²) in [5, 5.41) is 8.08. The number of carbonyl (C=O) groups excluding carboxylic acids is 1. The normalized spacial score (nSPS) is 15.6. The fourth-order valence-corrected chi connectivity index (χ4v) is 4.07. The molecule has 1 aliphatic rings. The van der Waals surface area contributed by atoms with Crippen LogP contribution in [0.1, 0.15) is 38.2 Å². The van der Waals surface area contributed by atoms with Crippen LogP contribution < -0.4 is 16.4 Å². The Morgan fingerprint density at radius 3 is 2.74 bits per heavy atom. The number of hydrogen-bond donors (Lipinski definition) is 4. The number of hydrogen-bond acceptors (Lipinski definition) is 3. The Labute approximate surface area is 202 Å². The van der Waals surface area contributed by atoms with E-state index in [9.17, 15) is 4.79 Å². The molecule has 1 saturated heterocycles. The number of carbonyl (C=O) groups is 1. The maximum atomic E-state index is 11.3. The van der Waals surface area contributed by atoms with Crippen LogP contribution in [0.4, 0.5) is 0 Å². The summed E-state index contributed by atoms with van der Waals surface area (Å²) in [7, 11) is 0. The lowest BCUT2D eigenvalue weighted by Crippen LogP contribution is -2.39. The predicted octanol–water partition coefficient (Wildman–Crippen LogP) is 2.86. The van der Waals surface area contributed by atoms with Crippen molar-refractivity contribution < 1.29 is 4.79 Å². The third-order valence-electron chi connectivity index (χ3n) is 5.85. The number of aromatic amines is 1. The zero-order valence-electron chi connectivity index (χ0n) is 18.5. The Kier molecular flexibility index (Phi) is 11.1. The van der Waals surface area contributed by atoms with E-state index >= 15 is 0 Å². The van der Waals surface area contributed by atoms with E-state index in [0.29, 0.717) is 0 Å². The summed E-state index contributed by atoms with van der Waals surface area (Å²) in [6.45, 7) is 7.65. The minimum absolute atomic E-state index is 0. The van der Waals surface area contributed by atoms with E-state index in [1.165, 1.54) is 16.5 Å². The largest absolute Gasteiger partial charge is 0.369 e. The van der Waals surface area contributed by atoms with Crippen molar-refractivity contribution in [3.63, 3.8) is 0 Å². The maximum Gasteiger partial charge on any atom is 0.220 e.